The summed E-state index contributed by atoms with van der Waals surface area (Å²) in [5.74, 6) is -0.493. The first-order valence-electron chi connectivity index (χ1n) is 15.1. The lowest BCUT2D eigenvalue weighted by atomic mass is 9.94. The average Bonchev–Trinajstić information content (AvgIpc) is 2.99. The number of halogens is 2. The Hall–Kier alpha value is -3.07. The van der Waals surface area contributed by atoms with Gasteiger partial charge in [0.25, 0.3) is 0 Å². The summed E-state index contributed by atoms with van der Waals surface area (Å²) in [6, 6.07) is 21.3. The maximum atomic E-state index is 14.1. The van der Waals surface area contributed by atoms with Crippen molar-refractivity contribution in [1.82, 2.24) is 10.2 Å². The van der Waals surface area contributed by atoms with Gasteiger partial charge in [-0.25, -0.2) is 8.42 Å². The van der Waals surface area contributed by atoms with Gasteiger partial charge in [0.15, 0.2) is 0 Å². The summed E-state index contributed by atoms with van der Waals surface area (Å²) < 4.78 is 26.7. The van der Waals surface area contributed by atoms with Gasteiger partial charge in [0.2, 0.25) is 21.8 Å². The van der Waals surface area contributed by atoms with Gasteiger partial charge in [-0.15, -0.1) is 0 Å². The summed E-state index contributed by atoms with van der Waals surface area (Å²) in [6.07, 6.45) is 6.86. The molecule has 1 saturated carbocycles. The Kier molecular flexibility index (Phi) is 12.1. The average molecular weight is 659 g/mol. The van der Waals surface area contributed by atoms with Gasteiger partial charge in [0, 0.05) is 47.6 Å². The van der Waals surface area contributed by atoms with Crippen LogP contribution in [0.25, 0.3) is 0 Å². The summed E-state index contributed by atoms with van der Waals surface area (Å²) >= 11 is 13.1. The van der Waals surface area contributed by atoms with Crippen molar-refractivity contribution in [1.29, 1.82) is 0 Å². The van der Waals surface area contributed by atoms with Crippen LogP contribution in [0, 0.1) is 6.92 Å². The molecule has 3 aromatic carbocycles. The van der Waals surface area contributed by atoms with Crippen molar-refractivity contribution in [3.05, 3.63) is 99.5 Å². The van der Waals surface area contributed by atoms with E-state index in [1.807, 2.05) is 49.4 Å². The molecule has 0 unspecified atom stereocenters. The number of rotatable bonds is 13. The molecule has 1 aliphatic carbocycles. The molecule has 1 fully saturated rings. The van der Waals surface area contributed by atoms with Crippen LogP contribution >= 0.6 is 23.2 Å². The van der Waals surface area contributed by atoms with Gasteiger partial charge in [0.1, 0.15) is 6.04 Å². The van der Waals surface area contributed by atoms with E-state index in [-0.39, 0.29) is 43.8 Å². The number of amides is 2. The van der Waals surface area contributed by atoms with Gasteiger partial charge in [-0.1, -0.05) is 96.6 Å². The second kappa shape index (κ2) is 15.8. The van der Waals surface area contributed by atoms with Gasteiger partial charge >= 0.3 is 0 Å². The van der Waals surface area contributed by atoms with Crippen LogP contribution in [-0.4, -0.2) is 50.0 Å². The number of hydrogen-bond donors (Lipinski definition) is 1. The van der Waals surface area contributed by atoms with Crippen molar-refractivity contribution in [2.24, 2.45) is 0 Å². The Balaban J connectivity index is 1.62. The molecule has 0 heterocycles. The Morgan fingerprint density at radius 1 is 0.909 bits per heavy atom. The van der Waals surface area contributed by atoms with E-state index in [0.29, 0.717) is 27.7 Å². The second-order valence-electron chi connectivity index (χ2n) is 11.5. The normalized spacial score (nSPS) is 14.5. The van der Waals surface area contributed by atoms with E-state index in [1.54, 1.807) is 35.2 Å². The van der Waals surface area contributed by atoms with Crippen molar-refractivity contribution in [2.75, 3.05) is 17.1 Å². The molecular formula is C34H41Cl2N3O4S. The van der Waals surface area contributed by atoms with Crippen LogP contribution in [0.3, 0.4) is 0 Å². The largest absolute Gasteiger partial charge is 0.352 e. The van der Waals surface area contributed by atoms with Crippen molar-refractivity contribution in [2.45, 2.75) is 76.9 Å². The predicted octanol–water partition coefficient (Wildman–Crippen LogP) is 6.94. The Morgan fingerprint density at radius 2 is 1.55 bits per heavy atom. The smallest absolute Gasteiger partial charge is 0.243 e. The quantitative estimate of drug-likeness (QED) is 0.216. The number of aryl methyl sites for hydroxylation is 1. The van der Waals surface area contributed by atoms with Crippen molar-refractivity contribution in [3.8, 4) is 0 Å². The number of nitrogens with zero attached hydrogens (tertiary/aromatic N) is 2. The Bertz CT molecular complexity index is 1490. The van der Waals surface area contributed by atoms with Crippen molar-refractivity contribution < 1.29 is 18.0 Å². The third kappa shape index (κ3) is 9.46. The minimum absolute atomic E-state index is 0.0297. The summed E-state index contributed by atoms with van der Waals surface area (Å²) in [6.45, 7) is 2.09. The molecule has 0 aliphatic heterocycles. The third-order valence-corrected chi connectivity index (χ3v) is 9.99. The number of benzene rings is 3. The topological polar surface area (TPSA) is 86.8 Å². The van der Waals surface area contributed by atoms with Crippen LogP contribution in [-0.2, 0) is 32.6 Å². The van der Waals surface area contributed by atoms with Gasteiger partial charge in [-0.05, 0) is 56.0 Å². The molecule has 236 valence electrons. The molecular weight excluding hydrogens is 617 g/mol. The molecule has 0 radical (unpaired) electrons. The van der Waals surface area contributed by atoms with Crippen LogP contribution in [0.2, 0.25) is 10.0 Å². The highest BCUT2D eigenvalue weighted by Gasteiger charge is 2.33. The maximum Gasteiger partial charge on any atom is 0.243 e. The molecule has 44 heavy (non-hydrogen) atoms. The molecule has 2 amide bonds. The number of nitrogens with one attached hydrogen (secondary N) is 1. The van der Waals surface area contributed by atoms with Gasteiger partial charge < -0.3 is 10.2 Å². The summed E-state index contributed by atoms with van der Waals surface area (Å²) in [5.41, 5.74) is 3.04. The highest BCUT2D eigenvalue weighted by atomic mass is 35.5. The molecule has 0 aromatic heterocycles. The van der Waals surface area contributed by atoms with Crippen LogP contribution in [0.5, 0.6) is 0 Å². The van der Waals surface area contributed by atoms with Crippen LogP contribution in [0.15, 0.2) is 72.8 Å². The SMILES string of the molecule is Cc1ccc(N(CCCC(=O)N(Cc2c(Cl)cccc2Cl)[C@H](Cc2ccccc2)C(=O)NC2CCCCC2)S(C)(=O)=O)cc1. The van der Waals surface area contributed by atoms with E-state index in [1.165, 1.54) is 4.31 Å². The molecule has 1 N–H and O–H groups in total. The zero-order chi connectivity index (χ0) is 31.7. The summed E-state index contributed by atoms with van der Waals surface area (Å²) in [4.78, 5) is 29.7. The van der Waals surface area contributed by atoms with Gasteiger partial charge in [0.05, 0.1) is 11.9 Å². The lowest BCUT2D eigenvalue weighted by Crippen LogP contribution is -2.53. The molecule has 0 saturated heterocycles. The van der Waals surface area contributed by atoms with E-state index in [9.17, 15) is 18.0 Å². The number of carbonyl (C=O) groups is 2. The van der Waals surface area contributed by atoms with Crippen LogP contribution < -0.4 is 9.62 Å². The first-order valence-corrected chi connectivity index (χ1v) is 17.7. The lowest BCUT2D eigenvalue weighted by Gasteiger charge is -2.34. The van der Waals surface area contributed by atoms with E-state index in [2.05, 4.69) is 5.32 Å². The molecule has 4 rings (SSSR count). The van der Waals surface area contributed by atoms with Gasteiger partial charge in [-0.2, -0.15) is 0 Å². The molecule has 0 spiro atoms. The Morgan fingerprint density at radius 3 is 2.16 bits per heavy atom. The second-order valence-corrected chi connectivity index (χ2v) is 14.3. The minimum Gasteiger partial charge on any atom is -0.352 e. The van der Waals surface area contributed by atoms with Crippen LogP contribution in [0.4, 0.5) is 5.69 Å². The molecule has 10 heteroatoms. The van der Waals surface area contributed by atoms with E-state index in [0.717, 1.165) is 49.5 Å². The van der Waals surface area contributed by atoms with Crippen molar-refractivity contribution >= 4 is 50.7 Å². The van der Waals surface area contributed by atoms with E-state index in [4.69, 9.17) is 23.2 Å². The zero-order valence-electron chi connectivity index (χ0n) is 25.3. The van der Waals surface area contributed by atoms with Crippen molar-refractivity contribution in [3.63, 3.8) is 0 Å². The highest BCUT2D eigenvalue weighted by molar-refractivity contribution is 7.92. The summed E-state index contributed by atoms with van der Waals surface area (Å²) in [5, 5.41) is 4.04. The van der Waals surface area contributed by atoms with E-state index < -0.39 is 16.1 Å². The lowest BCUT2D eigenvalue weighted by molar-refractivity contribution is -0.141. The Labute approximate surface area is 271 Å². The van der Waals surface area contributed by atoms with E-state index >= 15 is 0 Å². The minimum atomic E-state index is -3.59. The number of sulfonamides is 1. The zero-order valence-corrected chi connectivity index (χ0v) is 27.7. The first kappa shape index (κ1) is 33.8. The predicted molar refractivity (Wildman–Crippen MR) is 179 cm³/mol. The standard InChI is InChI=1S/C34H41Cl2N3O4S/c1-25-18-20-28(21-19-25)39(44(2,42)43)22-10-17-33(40)38(24-29-30(35)15-9-16-31(29)36)32(23-26-11-5-3-6-12-26)34(41)37-27-13-7-4-8-14-27/h3,5-6,9,11-12,15-16,18-21,27,32H,4,7-8,10,13-14,17,22-24H2,1-2H3,(H,37,41)/t32-/m1/s1. The fourth-order valence-electron chi connectivity index (χ4n) is 5.67. The maximum absolute atomic E-state index is 14.1. The molecule has 3 aromatic rings. The molecule has 7 nitrogen and oxygen atoms in total. The summed E-state index contributed by atoms with van der Waals surface area (Å²) in [7, 11) is -3.59. The number of anilines is 1. The van der Waals surface area contributed by atoms with Crippen LogP contribution in [0.1, 0.15) is 61.6 Å². The monoisotopic (exact) mass is 657 g/mol. The van der Waals surface area contributed by atoms with Gasteiger partial charge in [-0.3, -0.25) is 13.9 Å². The molecule has 1 aliphatic rings. The number of hydrogen-bond acceptors (Lipinski definition) is 4. The molecule has 0 bridgehead atoms. The fourth-order valence-corrected chi connectivity index (χ4v) is 7.15. The fraction of sp³-hybridized carbons (Fsp3) is 0.412. The third-order valence-electron chi connectivity index (χ3n) is 8.09. The number of carbonyl (C=O) groups excluding carboxylic acids is 2. The first-order chi connectivity index (χ1) is 21.0. The highest BCUT2D eigenvalue weighted by Crippen LogP contribution is 2.28. The molecule has 1 atom stereocenters.